The number of benzene rings is 2. The number of methoxy groups -OCH3 is 2. The lowest BCUT2D eigenvalue weighted by Crippen LogP contribution is -2.13. The fourth-order valence-electron chi connectivity index (χ4n) is 3.43. The summed E-state index contributed by atoms with van der Waals surface area (Å²) in [4.78, 5) is 12.5. The Morgan fingerprint density at radius 3 is 2.58 bits per heavy atom. The highest BCUT2D eigenvalue weighted by Gasteiger charge is 2.20. The smallest absolute Gasteiger partial charge is 0.168 e. The quantitative estimate of drug-likeness (QED) is 0.857. The Balaban J connectivity index is 2.21. The molecule has 0 spiro atoms. The molecule has 0 unspecified atom stereocenters. The first kappa shape index (κ1) is 18.3. The highest BCUT2D eigenvalue weighted by Crippen LogP contribution is 2.43. The van der Waals surface area contributed by atoms with Crippen LogP contribution in [-0.2, 0) is 6.42 Å². The number of fused-ring (bicyclic) bond motifs is 5. The van der Waals surface area contributed by atoms with Crippen molar-refractivity contribution in [3.8, 4) is 28.4 Å². The van der Waals surface area contributed by atoms with Crippen molar-refractivity contribution in [1.82, 2.24) is 0 Å². The molecular weight excluding hydrogens is 332 g/mol. The molecule has 2 aromatic rings. The number of carbonyl (C=O) groups excluding carboxylic acids is 1. The van der Waals surface area contributed by atoms with E-state index in [2.05, 4.69) is 0 Å². The third kappa shape index (κ3) is 3.68. The van der Waals surface area contributed by atoms with Crippen LogP contribution < -0.4 is 9.47 Å². The van der Waals surface area contributed by atoms with Crippen molar-refractivity contribution >= 4 is 5.78 Å². The Hall–Kier alpha value is -2.53. The number of aromatic hydroxyl groups is 1. The molecule has 2 aromatic carbocycles. The summed E-state index contributed by atoms with van der Waals surface area (Å²) in [5.74, 6) is 1.03. The molecule has 1 aliphatic rings. The molecule has 5 nitrogen and oxygen atoms in total. The summed E-state index contributed by atoms with van der Waals surface area (Å²) in [5, 5.41) is 20.5. The highest BCUT2D eigenvalue weighted by atomic mass is 16.5. The van der Waals surface area contributed by atoms with Crippen molar-refractivity contribution in [1.29, 1.82) is 0 Å². The second-order valence-corrected chi connectivity index (χ2v) is 6.64. The zero-order valence-electron chi connectivity index (χ0n) is 15.1. The second-order valence-electron chi connectivity index (χ2n) is 6.64. The highest BCUT2D eigenvalue weighted by molar-refractivity contribution is 5.98. The van der Waals surface area contributed by atoms with Crippen molar-refractivity contribution in [3.05, 3.63) is 41.5 Å². The lowest BCUT2D eigenvalue weighted by molar-refractivity contribution is 0.0864. The van der Waals surface area contributed by atoms with E-state index in [0.29, 0.717) is 34.6 Å². The summed E-state index contributed by atoms with van der Waals surface area (Å²) in [5.41, 5.74) is 2.72. The minimum Gasteiger partial charge on any atom is -0.507 e. The average Bonchev–Trinajstić information content (AvgIpc) is 2.64. The molecule has 0 aliphatic heterocycles. The largest absolute Gasteiger partial charge is 0.507 e. The molecule has 1 atom stereocenters. The van der Waals surface area contributed by atoms with E-state index in [1.165, 1.54) is 6.07 Å². The van der Waals surface area contributed by atoms with Crippen LogP contribution in [0.2, 0.25) is 0 Å². The molecule has 1 aliphatic carbocycles. The molecule has 0 saturated heterocycles. The molecule has 0 heterocycles. The third-order valence-corrected chi connectivity index (χ3v) is 4.82. The molecule has 0 saturated carbocycles. The van der Waals surface area contributed by atoms with E-state index < -0.39 is 6.10 Å². The standard InChI is InChI=1S/C21H24O5/c1-25-20-10-13-5-3-4-6-15(22)12-19(24)14-7-8-18(23)16(11-14)17(9-13)21(20)26-2/h7-11,15,22-23H,3-6,12H2,1-2H3/t15-/m0/s1. The number of carbonyl (C=O) groups is 1. The van der Waals surface area contributed by atoms with Crippen molar-refractivity contribution in [2.24, 2.45) is 0 Å². The van der Waals surface area contributed by atoms with Crippen LogP contribution in [0, 0.1) is 0 Å². The third-order valence-electron chi connectivity index (χ3n) is 4.82. The van der Waals surface area contributed by atoms with Gasteiger partial charge in [-0.3, -0.25) is 4.79 Å². The van der Waals surface area contributed by atoms with Gasteiger partial charge in [0.1, 0.15) is 5.75 Å². The van der Waals surface area contributed by atoms with Gasteiger partial charge in [-0.25, -0.2) is 0 Å². The number of ketones is 1. The number of phenols is 1. The van der Waals surface area contributed by atoms with Gasteiger partial charge < -0.3 is 19.7 Å². The van der Waals surface area contributed by atoms with Crippen molar-refractivity contribution in [2.45, 2.75) is 38.2 Å². The van der Waals surface area contributed by atoms with Crippen LogP contribution in [0.15, 0.2) is 30.3 Å². The van der Waals surface area contributed by atoms with E-state index >= 15 is 0 Å². The number of aliphatic hydroxyl groups is 1. The second kappa shape index (κ2) is 7.79. The zero-order chi connectivity index (χ0) is 18.7. The summed E-state index contributed by atoms with van der Waals surface area (Å²) in [6, 6.07) is 8.65. The predicted octanol–water partition coefficient (Wildman–Crippen LogP) is 3.74. The van der Waals surface area contributed by atoms with Gasteiger partial charge in [-0.1, -0.05) is 6.42 Å². The molecule has 26 heavy (non-hydrogen) atoms. The minimum atomic E-state index is -0.646. The average molecular weight is 356 g/mol. The van der Waals surface area contributed by atoms with Crippen molar-refractivity contribution < 1.29 is 24.5 Å². The number of phenolic OH excluding ortho intramolecular Hbond substituents is 1. The van der Waals surface area contributed by atoms with Crippen molar-refractivity contribution in [2.75, 3.05) is 14.2 Å². The Labute approximate surface area is 153 Å². The van der Waals surface area contributed by atoms with E-state index in [9.17, 15) is 15.0 Å². The minimum absolute atomic E-state index is 0.0643. The molecule has 0 radical (unpaired) electrons. The molecule has 4 bridgehead atoms. The first-order valence-corrected chi connectivity index (χ1v) is 8.83. The van der Waals surface area contributed by atoms with E-state index in [1.54, 1.807) is 26.4 Å². The van der Waals surface area contributed by atoms with Crippen LogP contribution >= 0.6 is 0 Å². The van der Waals surface area contributed by atoms with Crippen LogP contribution in [0.3, 0.4) is 0 Å². The summed E-state index contributed by atoms with van der Waals surface area (Å²) >= 11 is 0. The number of aliphatic hydroxyl groups excluding tert-OH is 1. The van der Waals surface area contributed by atoms with Crippen LogP contribution in [0.5, 0.6) is 17.2 Å². The number of Topliss-reactive ketones (excluding diaryl/α,β-unsaturated/α-hetero) is 1. The molecule has 5 heteroatoms. The van der Waals surface area contributed by atoms with Gasteiger partial charge in [0.25, 0.3) is 0 Å². The molecule has 0 amide bonds. The fraction of sp³-hybridized carbons (Fsp3) is 0.381. The predicted molar refractivity (Wildman–Crippen MR) is 99.2 cm³/mol. The van der Waals surface area contributed by atoms with Gasteiger partial charge in [0, 0.05) is 23.1 Å². The summed E-state index contributed by atoms with van der Waals surface area (Å²) in [6.45, 7) is 0. The van der Waals surface area contributed by atoms with Crippen molar-refractivity contribution in [3.63, 3.8) is 0 Å². The number of aryl methyl sites for hydroxylation is 1. The summed E-state index contributed by atoms with van der Waals surface area (Å²) in [6.07, 6.45) is 2.57. The Bertz CT molecular complexity index is 812. The Morgan fingerprint density at radius 1 is 1.04 bits per heavy atom. The zero-order valence-corrected chi connectivity index (χ0v) is 15.1. The Kier molecular flexibility index (Phi) is 5.47. The molecule has 0 fully saturated rings. The number of hydrogen-bond donors (Lipinski definition) is 2. The van der Waals surface area contributed by atoms with Gasteiger partial charge in [-0.05, 0) is 55.2 Å². The molecule has 2 N–H and O–H groups in total. The number of rotatable bonds is 2. The fourth-order valence-corrected chi connectivity index (χ4v) is 3.43. The Morgan fingerprint density at radius 2 is 1.85 bits per heavy atom. The van der Waals surface area contributed by atoms with Gasteiger partial charge in [0.2, 0.25) is 0 Å². The van der Waals surface area contributed by atoms with Gasteiger partial charge in [0.05, 0.1) is 20.3 Å². The number of hydrogen-bond acceptors (Lipinski definition) is 5. The molecule has 3 rings (SSSR count). The first-order chi connectivity index (χ1) is 12.5. The lowest BCUT2D eigenvalue weighted by Gasteiger charge is -2.16. The SMILES string of the molecule is COc1cc2cc(c1OC)-c1cc(ccc1O)C(=O)C[C@@H](O)CCCC2. The van der Waals surface area contributed by atoms with E-state index in [4.69, 9.17) is 9.47 Å². The first-order valence-electron chi connectivity index (χ1n) is 8.83. The summed E-state index contributed by atoms with van der Waals surface area (Å²) < 4.78 is 11.0. The maximum Gasteiger partial charge on any atom is 0.168 e. The lowest BCUT2D eigenvalue weighted by atomic mass is 9.95. The van der Waals surface area contributed by atoms with E-state index in [1.807, 2.05) is 12.1 Å². The topological polar surface area (TPSA) is 76.0 Å². The van der Waals surface area contributed by atoms with Gasteiger partial charge >= 0.3 is 0 Å². The molecular formula is C21H24O5. The summed E-state index contributed by atoms with van der Waals surface area (Å²) in [7, 11) is 3.13. The van der Waals surface area contributed by atoms with Gasteiger partial charge in [0.15, 0.2) is 17.3 Å². The monoisotopic (exact) mass is 356 g/mol. The van der Waals surface area contributed by atoms with Crippen LogP contribution in [0.25, 0.3) is 11.1 Å². The van der Waals surface area contributed by atoms with Crippen LogP contribution in [0.1, 0.15) is 41.6 Å². The van der Waals surface area contributed by atoms with Crippen LogP contribution in [-0.4, -0.2) is 36.3 Å². The molecule has 0 aromatic heterocycles. The van der Waals surface area contributed by atoms with E-state index in [-0.39, 0.29) is 18.0 Å². The number of ether oxygens (including phenoxy) is 2. The van der Waals surface area contributed by atoms with Gasteiger partial charge in [-0.2, -0.15) is 0 Å². The van der Waals surface area contributed by atoms with Crippen LogP contribution in [0.4, 0.5) is 0 Å². The maximum atomic E-state index is 12.5. The maximum absolute atomic E-state index is 12.5. The molecule has 138 valence electrons. The van der Waals surface area contributed by atoms with Gasteiger partial charge in [-0.15, -0.1) is 0 Å². The normalized spacial score (nSPS) is 17.7. The van der Waals surface area contributed by atoms with E-state index in [0.717, 1.165) is 24.8 Å².